The van der Waals surface area contributed by atoms with E-state index < -0.39 is 0 Å². The summed E-state index contributed by atoms with van der Waals surface area (Å²) in [6.07, 6.45) is 1.15. The second-order valence-electron chi connectivity index (χ2n) is 5.33. The minimum atomic E-state index is -0.106. The van der Waals surface area contributed by atoms with Gasteiger partial charge in [0.1, 0.15) is 0 Å². The van der Waals surface area contributed by atoms with Crippen LogP contribution in [-0.2, 0) is 11.2 Å². The number of hydrogen-bond acceptors (Lipinski definition) is 3. The molecule has 0 spiro atoms. The molecule has 0 saturated heterocycles. The molecule has 2 aromatic rings. The Labute approximate surface area is 153 Å². The van der Waals surface area contributed by atoms with E-state index in [1.165, 1.54) is 11.3 Å². The second-order valence-corrected chi connectivity index (χ2v) is 7.96. The molecule has 1 N–H and O–H groups in total. The van der Waals surface area contributed by atoms with E-state index in [2.05, 4.69) is 21.2 Å². The molecule has 1 heterocycles. The third-order valence-electron chi connectivity index (χ3n) is 3.29. The third kappa shape index (κ3) is 6.09. The van der Waals surface area contributed by atoms with E-state index in [0.717, 1.165) is 16.5 Å². The van der Waals surface area contributed by atoms with Crippen molar-refractivity contribution in [3.05, 3.63) is 55.6 Å². The van der Waals surface area contributed by atoms with Gasteiger partial charge in [-0.2, -0.15) is 0 Å². The van der Waals surface area contributed by atoms with Crippen LogP contribution in [0, 0.1) is 0 Å². The molecule has 0 radical (unpaired) electrons. The quantitative estimate of drug-likeness (QED) is 0.657. The zero-order chi connectivity index (χ0) is 16.8. The standard InChI is InChI=1S/C17H17BrClNO2S/c1-11(10-12-2-4-13(18)5-3-12)20-17(22)9-6-14(21)15-7-8-16(19)23-15/h2-5,7-8,11H,6,9-10H2,1H3,(H,20,22). The lowest BCUT2D eigenvalue weighted by Crippen LogP contribution is -2.34. The number of hydrogen-bond donors (Lipinski definition) is 1. The Balaban J connectivity index is 1.75. The Morgan fingerprint density at radius 1 is 1.17 bits per heavy atom. The van der Waals surface area contributed by atoms with Crippen molar-refractivity contribution in [2.75, 3.05) is 0 Å². The zero-order valence-electron chi connectivity index (χ0n) is 12.6. The summed E-state index contributed by atoms with van der Waals surface area (Å²) in [5.41, 5.74) is 1.16. The highest BCUT2D eigenvalue weighted by Gasteiger charge is 2.13. The number of benzene rings is 1. The number of halogens is 2. The first-order valence-electron chi connectivity index (χ1n) is 7.26. The summed E-state index contributed by atoms with van der Waals surface area (Å²) in [6.45, 7) is 1.96. The molecule has 0 saturated carbocycles. The number of ketones is 1. The van der Waals surface area contributed by atoms with Crippen LogP contribution in [0.15, 0.2) is 40.9 Å². The Bertz CT molecular complexity index is 684. The van der Waals surface area contributed by atoms with Gasteiger partial charge in [-0.05, 0) is 43.2 Å². The number of Topliss-reactive ketones (excluding diaryl/α,β-unsaturated/α-hetero) is 1. The maximum atomic E-state index is 11.9. The lowest BCUT2D eigenvalue weighted by atomic mass is 10.1. The smallest absolute Gasteiger partial charge is 0.220 e. The van der Waals surface area contributed by atoms with Crippen LogP contribution in [0.4, 0.5) is 0 Å². The Hall–Kier alpha value is -1.17. The molecule has 0 bridgehead atoms. The topological polar surface area (TPSA) is 46.2 Å². The van der Waals surface area contributed by atoms with Crippen molar-refractivity contribution in [2.24, 2.45) is 0 Å². The fourth-order valence-corrected chi connectivity index (χ4v) is 3.46. The van der Waals surface area contributed by atoms with E-state index in [0.29, 0.717) is 9.21 Å². The van der Waals surface area contributed by atoms with E-state index in [-0.39, 0.29) is 30.6 Å². The summed E-state index contributed by atoms with van der Waals surface area (Å²) in [6, 6.07) is 11.4. The first-order chi connectivity index (χ1) is 10.9. The number of amides is 1. The van der Waals surface area contributed by atoms with Crippen molar-refractivity contribution in [3.8, 4) is 0 Å². The normalized spacial score (nSPS) is 12.0. The molecule has 122 valence electrons. The van der Waals surface area contributed by atoms with Crippen LogP contribution in [0.25, 0.3) is 0 Å². The van der Waals surface area contributed by atoms with Gasteiger partial charge in [-0.1, -0.05) is 39.7 Å². The second kappa shape index (κ2) is 8.62. The molecule has 1 aromatic carbocycles. The highest BCUT2D eigenvalue weighted by molar-refractivity contribution is 9.10. The molecule has 2 rings (SSSR count). The number of carbonyl (C=O) groups is 2. The molecule has 1 aromatic heterocycles. The van der Waals surface area contributed by atoms with Crippen LogP contribution in [0.1, 0.15) is 35.0 Å². The van der Waals surface area contributed by atoms with Gasteiger partial charge in [0, 0.05) is 23.4 Å². The number of nitrogens with one attached hydrogen (secondary N) is 1. The number of rotatable bonds is 7. The summed E-state index contributed by atoms with van der Waals surface area (Å²) in [4.78, 5) is 24.5. The van der Waals surface area contributed by atoms with Crippen molar-refractivity contribution in [1.29, 1.82) is 0 Å². The molecular formula is C17H17BrClNO2S. The summed E-state index contributed by atoms with van der Waals surface area (Å²) < 4.78 is 1.62. The van der Waals surface area contributed by atoms with Gasteiger partial charge in [0.15, 0.2) is 5.78 Å². The van der Waals surface area contributed by atoms with Crippen molar-refractivity contribution < 1.29 is 9.59 Å². The molecule has 3 nitrogen and oxygen atoms in total. The van der Waals surface area contributed by atoms with Crippen molar-refractivity contribution >= 4 is 50.6 Å². The Morgan fingerprint density at radius 3 is 2.48 bits per heavy atom. The molecule has 1 amide bonds. The summed E-state index contributed by atoms with van der Waals surface area (Å²) >= 11 is 10.4. The molecule has 1 unspecified atom stereocenters. The van der Waals surface area contributed by atoms with E-state index in [1.807, 2.05) is 31.2 Å². The molecular weight excluding hydrogens is 398 g/mol. The highest BCUT2D eigenvalue weighted by Crippen LogP contribution is 2.22. The van der Waals surface area contributed by atoms with Gasteiger partial charge in [0.05, 0.1) is 9.21 Å². The molecule has 0 aliphatic rings. The van der Waals surface area contributed by atoms with Crippen molar-refractivity contribution in [2.45, 2.75) is 32.2 Å². The van der Waals surface area contributed by atoms with Crippen LogP contribution in [0.5, 0.6) is 0 Å². The minimum Gasteiger partial charge on any atom is -0.353 e. The Morgan fingerprint density at radius 2 is 1.87 bits per heavy atom. The largest absolute Gasteiger partial charge is 0.353 e. The number of thiophene rings is 1. The molecule has 6 heteroatoms. The van der Waals surface area contributed by atoms with Gasteiger partial charge in [-0.25, -0.2) is 0 Å². The average Bonchev–Trinajstić information content (AvgIpc) is 2.94. The SMILES string of the molecule is CC(Cc1ccc(Br)cc1)NC(=O)CCC(=O)c1ccc(Cl)s1. The summed E-state index contributed by atoms with van der Waals surface area (Å²) in [7, 11) is 0. The monoisotopic (exact) mass is 413 g/mol. The lowest BCUT2D eigenvalue weighted by Gasteiger charge is -2.14. The molecule has 0 aliphatic carbocycles. The number of carbonyl (C=O) groups excluding carboxylic acids is 2. The van der Waals surface area contributed by atoms with E-state index in [4.69, 9.17) is 11.6 Å². The first-order valence-corrected chi connectivity index (χ1v) is 9.25. The molecule has 23 heavy (non-hydrogen) atoms. The highest BCUT2D eigenvalue weighted by atomic mass is 79.9. The van der Waals surface area contributed by atoms with E-state index in [1.54, 1.807) is 12.1 Å². The van der Waals surface area contributed by atoms with Gasteiger partial charge in [-0.3, -0.25) is 9.59 Å². The molecule has 0 aliphatic heterocycles. The van der Waals surface area contributed by atoms with Crippen LogP contribution in [0.3, 0.4) is 0 Å². The lowest BCUT2D eigenvalue weighted by molar-refractivity contribution is -0.121. The maximum Gasteiger partial charge on any atom is 0.220 e. The maximum absolute atomic E-state index is 11.9. The predicted molar refractivity (Wildman–Crippen MR) is 98.3 cm³/mol. The molecule has 0 fully saturated rings. The fraction of sp³-hybridized carbons (Fsp3) is 0.294. The van der Waals surface area contributed by atoms with Crippen LogP contribution in [0.2, 0.25) is 4.34 Å². The fourth-order valence-electron chi connectivity index (χ4n) is 2.19. The summed E-state index contributed by atoms with van der Waals surface area (Å²) in [5.74, 6) is -0.150. The van der Waals surface area contributed by atoms with Gasteiger partial charge in [0.25, 0.3) is 0 Å². The van der Waals surface area contributed by atoms with Crippen molar-refractivity contribution in [3.63, 3.8) is 0 Å². The first kappa shape index (κ1) is 18.2. The van der Waals surface area contributed by atoms with Gasteiger partial charge in [0.2, 0.25) is 5.91 Å². The van der Waals surface area contributed by atoms with Gasteiger partial charge in [-0.15, -0.1) is 11.3 Å². The van der Waals surface area contributed by atoms with E-state index in [9.17, 15) is 9.59 Å². The van der Waals surface area contributed by atoms with Crippen LogP contribution >= 0.6 is 38.9 Å². The van der Waals surface area contributed by atoms with Gasteiger partial charge < -0.3 is 5.32 Å². The van der Waals surface area contributed by atoms with E-state index >= 15 is 0 Å². The van der Waals surface area contributed by atoms with Crippen LogP contribution < -0.4 is 5.32 Å². The molecule has 1 atom stereocenters. The predicted octanol–water partition coefficient (Wildman–Crippen LogP) is 4.87. The van der Waals surface area contributed by atoms with Crippen molar-refractivity contribution in [1.82, 2.24) is 5.32 Å². The van der Waals surface area contributed by atoms with Gasteiger partial charge >= 0.3 is 0 Å². The summed E-state index contributed by atoms with van der Waals surface area (Å²) in [5, 5.41) is 2.93. The minimum absolute atomic E-state index is 0.0231. The van der Waals surface area contributed by atoms with Crippen LogP contribution in [-0.4, -0.2) is 17.7 Å². The zero-order valence-corrected chi connectivity index (χ0v) is 15.8. The third-order valence-corrected chi connectivity index (χ3v) is 5.09. The Kier molecular flexibility index (Phi) is 6.81. The average molecular weight is 415 g/mol.